The molecule has 0 spiro atoms. The Labute approximate surface area is 108 Å². The van der Waals surface area contributed by atoms with Gasteiger partial charge in [-0.15, -0.1) is 0 Å². The molecule has 3 nitrogen and oxygen atoms in total. The topological polar surface area (TPSA) is 25.6 Å². The molecule has 2 rings (SSSR count). The van der Waals surface area contributed by atoms with E-state index in [1.807, 2.05) is 30.3 Å². The van der Waals surface area contributed by atoms with Gasteiger partial charge < -0.3 is 9.15 Å². The molecule has 18 heavy (non-hydrogen) atoms. The zero-order valence-corrected chi connectivity index (χ0v) is 10.9. The van der Waals surface area contributed by atoms with Gasteiger partial charge in [0.1, 0.15) is 18.1 Å². The largest absolute Gasteiger partial charge is 0.492 e. The highest BCUT2D eigenvalue weighted by molar-refractivity contribution is 5.31. The lowest BCUT2D eigenvalue weighted by molar-refractivity contribution is 0.221. The molecule has 2 aromatic rings. The highest BCUT2D eigenvalue weighted by Gasteiger charge is 2.03. The average Bonchev–Trinajstić information content (AvgIpc) is 2.84. The van der Waals surface area contributed by atoms with Crippen LogP contribution in [0.3, 0.4) is 0 Å². The third kappa shape index (κ3) is 3.64. The molecular formula is C15H19NO2. The Bertz CT molecular complexity index is 465. The Kier molecular flexibility index (Phi) is 4.42. The van der Waals surface area contributed by atoms with Crippen LogP contribution in [0.5, 0.6) is 5.75 Å². The van der Waals surface area contributed by atoms with Crippen LogP contribution in [0.4, 0.5) is 0 Å². The van der Waals surface area contributed by atoms with Gasteiger partial charge in [-0.05, 0) is 37.7 Å². The van der Waals surface area contributed by atoms with E-state index in [0.717, 1.165) is 24.6 Å². The van der Waals surface area contributed by atoms with Crippen LogP contribution in [0.25, 0.3) is 0 Å². The van der Waals surface area contributed by atoms with Gasteiger partial charge in [0.25, 0.3) is 0 Å². The zero-order valence-electron chi connectivity index (χ0n) is 10.9. The molecule has 0 bridgehead atoms. The number of hydrogen-bond acceptors (Lipinski definition) is 3. The summed E-state index contributed by atoms with van der Waals surface area (Å²) in [5, 5.41) is 0. The van der Waals surface area contributed by atoms with E-state index in [4.69, 9.17) is 9.15 Å². The monoisotopic (exact) mass is 245 g/mol. The zero-order chi connectivity index (χ0) is 12.8. The summed E-state index contributed by atoms with van der Waals surface area (Å²) < 4.78 is 11.1. The molecule has 0 aliphatic rings. The van der Waals surface area contributed by atoms with Gasteiger partial charge in [-0.2, -0.15) is 0 Å². The van der Waals surface area contributed by atoms with Crippen LogP contribution >= 0.6 is 0 Å². The van der Waals surface area contributed by atoms with E-state index >= 15 is 0 Å². The van der Waals surface area contributed by atoms with E-state index in [0.29, 0.717) is 6.61 Å². The number of furan rings is 1. The molecule has 0 amide bonds. The summed E-state index contributed by atoms with van der Waals surface area (Å²) in [5.41, 5.74) is 1.17. The fraction of sp³-hybridized carbons (Fsp3) is 0.333. The van der Waals surface area contributed by atoms with Crippen molar-refractivity contribution < 1.29 is 9.15 Å². The molecule has 1 aromatic carbocycles. The van der Waals surface area contributed by atoms with Crippen LogP contribution in [0.15, 0.2) is 47.1 Å². The van der Waals surface area contributed by atoms with Gasteiger partial charge in [0, 0.05) is 6.54 Å². The van der Waals surface area contributed by atoms with Crippen LogP contribution in [0.2, 0.25) is 0 Å². The normalized spacial score (nSPS) is 10.8. The number of likely N-dealkylation sites (N-methyl/N-ethyl adjacent to an activating group) is 1. The van der Waals surface area contributed by atoms with Gasteiger partial charge in [-0.3, -0.25) is 4.90 Å². The number of rotatable bonds is 6. The molecule has 0 fully saturated rings. The van der Waals surface area contributed by atoms with Crippen molar-refractivity contribution in [1.29, 1.82) is 0 Å². The lowest BCUT2D eigenvalue weighted by Crippen LogP contribution is -2.23. The quantitative estimate of drug-likeness (QED) is 0.782. The van der Waals surface area contributed by atoms with Gasteiger partial charge >= 0.3 is 0 Å². The Balaban J connectivity index is 1.74. The van der Waals surface area contributed by atoms with Crippen molar-refractivity contribution in [1.82, 2.24) is 4.90 Å². The second-order valence-electron chi connectivity index (χ2n) is 4.43. The Morgan fingerprint density at radius 3 is 2.72 bits per heavy atom. The van der Waals surface area contributed by atoms with Gasteiger partial charge in [0.05, 0.1) is 12.8 Å². The number of nitrogens with zero attached hydrogens (tertiary/aromatic N) is 1. The summed E-state index contributed by atoms with van der Waals surface area (Å²) in [6.07, 6.45) is 1.70. The van der Waals surface area contributed by atoms with Crippen LogP contribution in [-0.4, -0.2) is 25.1 Å². The molecule has 0 radical (unpaired) electrons. The lowest BCUT2D eigenvalue weighted by atomic mass is 10.2. The van der Waals surface area contributed by atoms with Crippen molar-refractivity contribution in [2.45, 2.75) is 13.5 Å². The molecule has 0 aliphatic carbocycles. The second-order valence-corrected chi connectivity index (χ2v) is 4.43. The molecule has 0 saturated heterocycles. The summed E-state index contributed by atoms with van der Waals surface area (Å²) in [6.45, 7) is 4.42. The Morgan fingerprint density at radius 2 is 2.00 bits per heavy atom. The Hall–Kier alpha value is -1.74. The fourth-order valence-electron chi connectivity index (χ4n) is 1.78. The van der Waals surface area contributed by atoms with Gasteiger partial charge in [0.2, 0.25) is 0 Å². The first-order valence-electron chi connectivity index (χ1n) is 6.15. The SMILES string of the molecule is Cc1ccccc1OCCN(C)Cc1ccco1. The third-order valence-corrected chi connectivity index (χ3v) is 2.83. The Morgan fingerprint density at radius 1 is 1.17 bits per heavy atom. The van der Waals surface area contributed by atoms with Crippen LogP contribution in [0, 0.1) is 6.92 Å². The summed E-state index contributed by atoms with van der Waals surface area (Å²) in [5.74, 6) is 1.94. The first-order valence-corrected chi connectivity index (χ1v) is 6.15. The third-order valence-electron chi connectivity index (χ3n) is 2.83. The number of para-hydroxylation sites is 1. The maximum atomic E-state index is 5.75. The van der Waals surface area contributed by atoms with Crippen molar-refractivity contribution in [2.75, 3.05) is 20.2 Å². The minimum Gasteiger partial charge on any atom is -0.492 e. The van der Waals surface area contributed by atoms with E-state index in [9.17, 15) is 0 Å². The number of benzene rings is 1. The van der Waals surface area contributed by atoms with Crippen LogP contribution in [-0.2, 0) is 6.54 Å². The fourth-order valence-corrected chi connectivity index (χ4v) is 1.78. The minimum atomic E-state index is 0.683. The molecule has 1 aromatic heterocycles. The van der Waals surface area contributed by atoms with E-state index < -0.39 is 0 Å². The second kappa shape index (κ2) is 6.26. The molecule has 96 valence electrons. The number of aryl methyl sites for hydroxylation is 1. The molecule has 0 N–H and O–H groups in total. The summed E-state index contributed by atoms with van der Waals surface area (Å²) in [4.78, 5) is 2.18. The molecular weight excluding hydrogens is 226 g/mol. The molecule has 3 heteroatoms. The molecule has 1 heterocycles. The maximum absolute atomic E-state index is 5.75. The van der Waals surface area contributed by atoms with Crippen LogP contribution in [0.1, 0.15) is 11.3 Å². The van der Waals surface area contributed by atoms with Gasteiger partial charge in [-0.25, -0.2) is 0 Å². The van der Waals surface area contributed by atoms with Crippen molar-refractivity contribution in [3.8, 4) is 5.75 Å². The first-order chi connectivity index (χ1) is 8.75. The van der Waals surface area contributed by atoms with Crippen molar-refractivity contribution in [2.24, 2.45) is 0 Å². The van der Waals surface area contributed by atoms with E-state index in [1.165, 1.54) is 5.56 Å². The van der Waals surface area contributed by atoms with Crippen molar-refractivity contribution >= 4 is 0 Å². The molecule has 0 saturated carbocycles. The van der Waals surface area contributed by atoms with Crippen molar-refractivity contribution in [3.63, 3.8) is 0 Å². The molecule has 0 unspecified atom stereocenters. The standard InChI is InChI=1S/C15H19NO2/c1-13-6-3-4-8-15(13)18-11-9-16(2)12-14-7-5-10-17-14/h3-8,10H,9,11-12H2,1-2H3. The van der Waals surface area contributed by atoms with E-state index in [-0.39, 0.29) is 0 Å². The van der Waals surface area contributed by atoms with E-state index in [2.05, 4.69) is 24.9 Å². The highest BCUT2D eigenvalue weighted by Crippen LogP contribution is 2.15. The van der Waals surface area contributed by atoms with Crippen molar-refractivity contribution in [3.05, 3.63) is 54.0 Å². The smallest absolute Gasteiger partial charge is 0.122 e. The minimum absolute atomic E-state index is 0.683. The van der Waals surface area contributed by atoms with Gasteiger partial charge in [0.15, 0.2) is 0 Å². The summed E-state index contributed by atoms with van der Waals surface area (Å²) in [6, 6.07) is 12.0. The predicted molar refractivity (Wildman–Crippen MR) is 71.7 cm³/mol. The van der Waals surface area contributed by atoms with E-state index in [1.54, 1.807) is 6.26 Å². The summed E-state index contributed by atoms with van der Waals surface area (Å²) >= 11 is 0. The van der Waals surface area contributed by atoms with Gasteiger partial charge in [-0.1, -0.05) is 18.2 Å². The molecule has 0 aliphatic heterocycles. The number of ether oxygens (including phenoxy) is 1. The summed E-state index contributed by atoms with van der Waals surface area (Å²) in [7, 11) is 2.06. The number of hydrogen-bond donors (Lipinski definition) is 0. The lowest BCUT2D eigenvalue weighted by Gasteiger charge is -2.16. The van der Waals surface area contributed by atoms with Crippen LogP contribution < -0.4 is 4.74 Å². The molecule has 0 atom stereocenters. The maximum Gasteiger partial charge on any atom is 0.122 e. The first kappa shape index (κ1) is 12.7. The predicted octanol–water partition coefficient (Wildman–Crippen LogP) is 3.10. The average molecular weight is 245 g/mol. The highest BCUT2D eigenvalue weighted by atomic mass is 16.5.